The van der Waals surface area contributed by atoms with Crippen molar-refractivity contribution < 1.29 is 9.53 Å². The van der Waals surface area contributed by atoms with Gasteiger partial charge in [-0.15, -0.1) is 0 Å². The third-order valence-electron chi connectivity index (χ3n) is 3.08. The molecule has 4 nitrogen and oxygen atoms in total. The normalized spacial score (nSPS) is 18.6. The number of carbonyl (C=O) groups is 1. The van der Waals surface area contributed by atoms with E-state index in [1.165, 1.54) is 6.42 Å². The van der Waals surface area contributed by atoms with Gasteiger partial charge in [0.05, 0.1) is 6.61 Å². The minimum atomic E-state index is -0.0368. The first-order valence-corrected chi connectivity index (χ1v) is 6.54. The average Bonchev–Trinajstić information content (AvgIpc) is 2.90. The molecule has 1 aromatic rings. The molecule has 2 N–H and O–H groups in total. The molecule has 2 rings (SSSR count). The topological polar surface area (TPSA) is 50.4 Å². The second kappa shape index (κ2) is 6.40. The van der Waals surface area contributed by atoms with Gasteiger partial charge in [-0.3, -0.25) is 4.79 Å². The maximum atomic E-state index is 12.0. The summed E-state index contributed by atoms with van der Waals surface area (Å²) in [5.41, 5.74) is 0.652. The molecule has 4 heteroatoms. The fourth-order valence-corrected chi connectivity index (χ4v) is 2.14. The standard InChI is InChI=1S/C14H20N2O2/c1-2-18-13-7-3-5-11(9-13)14(17)16-10-12-6-4-8-15-12/h3,5,7,9,12,15H,2,4,6,8,10H2,1H3,(H,16,17). The van der Waals surface area contributed by atoms with Crippen LogP contribution in [0.1, 0.15) is 30.1 Å². The number of rotatable bonds is 5. The lowest BCUT2D eigenvalue weighted by molar-refractivity contribution is 0.0950. The Labute approximate surface area is 108 Å². The van der Waals surface area contributed by atoms with E-state index in [0.29, 0.717) is 24.8 Å². The van der Waals surface area contributed by atoms with E-state index in [2.05, 4.69) is 10.6 Å². The fourth-order valence-electron chi connectivity index (χ4n) is 2.14. The number of nitrogens with one attached hydrogen (secondary N) is 2. The predicted octanol–water partition coefficient (Wildman–Crippen LogP) is 1.57. The van der Waals surface area contributed by atoms with Crippen molar-refractivity contribution in [3.63, 3.8) is 0 Å². The summed E-state index contributed by atoms with van der Waals surface area (Å²) in [7, 11) is 0. The highest BCUT2D eigenvalue weighted by Gasteiger charge is 2.15. The zero-order valence-corrected chi connectivity index (χ0v) is 10.7. The number of ether oxygens (including phenoxy) is 1. The Balaban J connectivity index is 1.89. The summed E-state index contributed by atoms with van der Waals surface area (Å²) < 4.78 is 5.38. The summed E-state index contributed by atoms with van der Waals surface area (Å²) in [5.74, 6) is 0.703. The van der Waals surface area contributed by atoms with Crippen LogP contribution in [0.5, 0.6) is 5.75 Å². The average molecular weight is 248 g/mol. The Kier molecular flexibility index (Phi) is 4.59. The van der Waals surface area contributed by atoms with Gasteiger partial charge in [-0.2, -0.15) is 0 Å². The highest BCUT2D eigenvalue weighted by atomic mass is 16.5. The van der Waals surface area contributed by atoms with Gasteiger partial charge in [0.25, 0.3) is 5.91 Å². The summed E-state index contributed by atoms with van der Waals surface area (Å²) in [6.45, 7) is 4.29. The first-order valence-electron chi connectivity index (χ1n) is 6.54. The molecule has 0 aromatic heterocycles. The van der Waals surface area contributed by atoms with Gasteiger partial charge < -0.3 is 15.4 Å². The van der Waals surface area contributed by atoms with Gasteiger partial charge in [0.15, 0.2) is 0 Å². The summed E-state index contributed by atoms with van der Waals surface area (Å²) in [5, 5.41) is 6.31. The lowest BCUT2D eigenvalue weighted by Crippen LogP contribution is -2.37. The SMILES string of the molecule is CCOc1cccc(C(=O)NCC2CCCN2)c1. The lowest BCUT2D eigenvalue weighted by atomic mass is 10.2. The summed E-state index contributed by atoms with van der Waals surface area (Å²) in [4.78, 5) is 12.0. The van der Waals surface area contributed by atoms with Crippen LogP contribution < -0.4 is 15.4 Å². The van der Waals surface area contributed by atoms with E-state index >= 15 is 0 Å². The van der Waals surface area contributed by atoms with Gasteiger partial charge in [0.1, 0.15) is 5.75 Å². The van der Waals surface area contributed by atoms with Crippen LogP contribution in [-0.2, 0) is 0 Å². The molecule has 1 aliphatic rings. The quantitative estimate of drug-likeness (QED) is 0.831. The van der Waals surface area contributed by atoms with E-state index in [1.54, 1.807) is 12.1 Å². The van der Waals surface area contributed by atoms with Gasteiger partial charge >= 0.3 is 0 Å². The number of amides is 1. The molecule has 0 bridgehead atoms. The van der Waals surface area contributed by atoms with Crippen molar-refractivity contribution >= 4 is 5.91 Å². The lowest BCUT2D eigenvalue weighted by Gasteiger charge is -2.12. The molecule has 1 aromatic carbocycles. The second-order valence-electron chi connectivity index (χ2n) is 4.46. The number of carbonyl (C=O) groups excluding carboxylic acids is 1. The molecule has 98 valence electrons. The van der Waals surface area contributed by atoms with E-state index in [0.717, 1.165) is 18.7 Å². The van der Waals surface area contributed by atoms with E-state index in [9.17, 15) is 4.79 Å². The van der Waals surface area contributed by atoms with Gasteiger partial charge in [-0.05, 0) is 44.5 Å². The molecule has 1 unspecified atom stereocenters. The number of hydrogen-bond donors (Lipinski definition) is 2. The molecular weight excluding hydrogens is 228 g/mol. The maximum absolute atomic E-state index is 12.0. The molecule has 1 atom stereocenters. The molecule has 1 aliphatic heterocycles. The van der Waals surface area contributed by atoms with Crippen LogP contribution in [0.4, 0.5) is 0 Å². The van der Waals surface area contributed by atoms with Crippen molar-refractivity contribution in [3.8, 4) is 5.75 Å². The molecule has 0 aliphatic carbocycles. The van der Waals surface area contributed by atoms with Gasteiger partial charge in [0, 0.05) is 18.2 Å². The smallest absolute Gasteiger partial charge is 0.251 e. The van der Waals surface area contributed by atoms with E-state index in [4.69, 9.17) is 4.74 Å². The summed E-state index contributed by atoms with van der Waals surface area (Å²) in [6.07, 6.45) is 2.33. The van der Waals surface area contributed by atoms with Crippen LogP contribution in [0.3, 0.4) is 0 Å². The van der Waals surface area contributed by atoms with Gasteiger partial charge in [-0.25, -0.2) is 0 Å². The summed E-state index contributed by atoms with van der Waals surface area (Å²) in [6, 6.07) is 7.71. The zero-order chi connectivity index (χ0) is 12.8. The van der Waals surface area contributed by atoms with Crippen molar-refractivity contribution in [3.05, 3.63) is 29.8 Å². The molecule has 0 saturated carbocycles. The first kappa shape index (κ1) is 12.9. The highest BCUT2D eigenvalue weighted by Crippen LogP contribution is 2.13. The molecule has 0 spiro atoms. The van der Waals surface area contributed by atoms with Crippen LogP contribution >= 0.6 is 0 Å². The molecule has 1 heterocycles. The molecule has 18 heavy (non-hydrogen) atoms. The molecule has 1 saturated heterocycles. The monoisotopic (exact) mass is 248 g/mol. The molecular formula is C14H20N2O2. The first-order chi connectivity index (χ1) is 8.79. The van der Waals surface area contributed by atoms with Gasteiger partial charge in [0.2, 0.25) is 0 Å². The Morgan fingerprint density at radius 2 is 2.44 bits per heavy atom. The van der Waals surface area contributed by atoms with Crippen LogP contribution in [0.15, 0.2) is 24.3 Å². The zero-order valence-electron chi connectivity index (χ0n) is 10.7. The van der Waals surface area contributed by atoms with E-state index < -0.39 is 0 Å². The van der Waals surface area contributed by atoms with Crippen LogP contribution in [-0.4, -0.2) is 31.6 Å². The highest BCUT2D eigenvalue weighted by molar-refractivity contribution is 5.94. The van der Waals surface area contributed by atoms with Crippen molar-refractivity contribution in [1.29, 1.82) is 0 Å². The van der Waals surface area contributed by atoms with Crippen molar-refractivity contribution in [2.75, 3.05) is 19.7 Å². The number of hydrogen-bond acceptors (Lipinski definition) is 3. The summed E-state index contributed by atoms with van der Waals surface area (Å²) >= 11 is 0. The van der Waals surface area contributed by atoms with Crippen LogP contribution in [0.25, 0.3) is 0 Å². The van der Waals surface area contributed by atoms with Crippen molar-refractivity contribution in [1.82, 2.24) is 10.6 Å². The van der Waals surface area contributed by atoms with Gasteiger partial charge in [-0.1, -0.05) is 6.07 Å². The van der Waals surface area contributed by atoms with Crippen molar-refractivity contribution in [2.45, 2.75) is 25.8 Å². The third kappa shape index (κ3) is 3.47. The Morgan fingerprint density at radius 1 is 1.56 bits per heavy atom. The molecule has 1 amide bonds. The number of benzene rings is 1. The van der Waals surface area contributed by atoms with E-state index in [-0.39, 0.29) is 5.91 Å². The largest absolute Gasteiger partial charge is 0.494 e. The minimum absolute atomic E-state index is 0.0368. The van der Waals surface area contributed by atoms with Crippen LogP contribution in [0, 0.1) is 0 Å². The predicted molar refractivity (Wildman–Crippen MR) is 71.0 cm³/mol. The maximum Gasteiger partial charge on any atom is 0.251 e. The van der Waals surface area contributed by atoms with E-state index in [1.807, 2.05) is 19.1 Å². The molecule has 0 radical (unpaired) electrons. The van der Waals surface area contributed by atoms with Crippen molar-refractivity contribution in [2.24, 2.45) is 0 Å². The Hall–Kier alpha value is -1.55. The Bertz CT molecular complexity index is 401. The molecule has 1 fully saturated rings. The Morgan fingerprint density at radius 3 is 3.17 bits per heavy atom. The fraction of sp³-hybridized carbons (Fsp3) is 0.500. The minimum Gasteiger partial charge on any atom is -0.494 e. The van der Waals surface area contributed by atoms with Crippen LogP contribution in [0.2, 0.25) is 0 Å². The third-order valence-corrected chi connectivity index (χ3v) is 3.08. The second-order valence-corrected chi connectivity index (χ2v) is 4.46.